The first kappa shape index (κ1) is 29.1. The second kappa shape index (κ2) is 20.6. The SMILES string of the molecule is CCCCC(O)CCCCCCCCCCCCCCCS(=O)(=O)[O-].[Na+]. The van der Waals surface area contributed by atoms with E-state index in [2.05, 4.69) is 6.92 Å². The maximum Gasteiger partial charge on any atom is 1.00 e. The van der Waals surface area contributed by atoms with Crippen LogP contribution in [0.4, 0.5) is 0 Å². The first-order valence-electron chi connectivity index (χ1n) is 10.6. The molecular weight excluding hydrogens is 359 g/mol. The van der Waals surface area contributed by atoms with Crippen molar-refractivity contribution in [1.82, 2.24) is 0 Å². The van der Waals surface area contributed by atoms with Crippen LogP contribution in [0.2, 0.25) is 0 Å². The second-order valence-corrected chi connectivity index (χ2v) is 8.97. The van der Waals surface area contributed by atoms with Gasteiger partial charge in [-0.05, 0) is 19.3 Å². The van der Waals surface area contributed by atoms with E-state index < -0.39 is 10.1 Å². The third kappa shape index (κ3) is 24.9. The maximum atomic E-state index is 10.5. The number of hydrogen-bond donors (Lipinski definition) is 1. The predicted octanol–water partition coefficient (Wildman–Crippen LogP) is 2.55. The van der Waals surface area contributed by atoms with Gasteiger partial charge in [0.05, 0.1) is 16.2 Å². The second-order valence-electron chi connectivity index (χ2n) is 7.44. The molecule has 0 bridgehead atoms. The van der Waals surface area contributed by atoms with Gasteiger partial charge in [0.1, 0.15) is 0 Å². The van der Waals surface area contributed by atoms with Gasteiger partial charge in [0.15, 0.2) is 0 Å². The predicted molar refractivity (Wildman–Crippen MR) is 105 cm³/mol. The fraction of sp³-hybridized carbons (Fsp3) is 1.00. The van der Waals surface area contributed by atoms with Crippen LogP contribution in [-0.4, -0.2) is 29.9 Å². The Labute approximate surface area is 185 Å². The first-order chi connectivity index (χ1) is 12.0. The van der Waals surface area contributed by atoms with Crippen molar-refractivity contribution in [3.63, 3.8) is 0 Å². The van der Waals surface area contributed by atoms with Crippen molar-refractivity contribution in [3.8, 4) is 0 Å². The van der Waals surface area contributed by atoms with Crippen LogP contribution in [0.5, 0.6) is 0 Å². The summed E-state index contributed by atoms with van der Waals surface area (Å²) >= 11 is 0. The molecule has 0 aliphatic heterocycles. The fourth-order valence-electron chi connectivity index (χ4n) is 3.19. The average molecular weight is 401 g/mol. The van der Waals surface area contributed by atoms with Gasteiger partial charge in [-0.15, -0.1) is 0 Å². The van der Waals surface area contributed by atoms with Gasteiger partial charge in [0.25, 0.3) is 0 Å². The molecule has 0 aromatic rings. The molecule has 152 valence electrons. The Morgan fingerprint density at radius 2 is 1.04 bits per heavy atom. The van der Waals surface area contributed by atoms with Crippen LogP contribution in [0.25, 0.3) is 0 Å². The fourth-order valence-corrected chi connectivity index (χ4v) is 3.75. The normalized spacial score (nSPS) is 12.7. The third-order valence-corrected chi connectivity index (χ3v) is 5.61. The van der Waals surface area contributed by atoms with Crippen LogP contribution in [0.15, 0.2) is 0 Å². The van der Waals surface area contributed by atoms with Gasteiger partial charge in [-0.2, -0.15) is 0 Å². The summed E-state index contributed by atoms with van der Waals surface area (Å²) in [5.74, 6) is -0.204. The van der Waals surface area contributed by atoms with Crippen LogP contribution in [0, 0.1) is 0 Å². The molecule has 0 radical (unpaired) electrons. The average Bonchev–Trinajstić information content (AvgIpc) is 2.55. The number of aliphatic hydroxyl groups excluding tert-OH is 1. The number of aliphatic hydroxyl groups is 1. The van der Waals surface area contributed by atoms with Crippen molar-refractivity contribution in [2.45, 2.75) is 122 Å². The molecule has 6 heteroatoms. The molecule has 0 spiro atoms. The summed E-state index contributed by atoms with van der Waals surface area (Å²) in [6, 6.07) is 0. The van der Waals surface area contributed by atoms with Crippen molar-refractivity contribution >= 4 is 10.1 Å². The van der Waals surface area contributed by atoms with Crippen molar-refractivity contribution in [1.29, 1.82) is 0 Å². The molecule has 4 nitrogen and oxygen atoms in total. The largest absolute Gasteiger partial charge is 1.00 e. The van der Waals surface area contributed by atoms with Gasteiger partial charge in [0, 0.05) is 5.75 Å². The van der Waals surface area contributed by atoms with E-state index in [9.17, 15) is 18.1 Å². The molecule has 0 aliphatic carbocycles. The van der Waals surface area contributed by atoms with Crippen LogP contribution in [0.1, 0.15) is 116 Å². The van der Waals surface area contributed by atoms with Crippen molar-refractivity contribution in [2.75, 3.05) is 5.75 Å². The first-order valence-corrected chi connectivity index (χ1v) is 12.1. The Morgan fingerprint density at radius 3 is 1.42 bits per heavy atom. The summed E-state index contributed by atoms with van der Waals surface area (Å²) in [6.07, 6.45) is 19.2. The Morgan fingerprint density at radius 1 is 0.692 bits per heavy atom. The minimum atomic E-state index is -4.01. The van der Waals surface area contributed by atoms with Crippen LogP contribution >= 0.6 is 0 Å². The van der Waals surface area contributed by atoms with Gasteiger partial charge in [-0.3, -0.25) is 0 Å². The van der Waals surface area contributed by atoms with Gasteiger partial charge < -0.3 is 9.66 Å². The van der Waals surface area contributed by atoms with Gasteiger partial charge in [-0.1, -0.05) is 96.8 Å². The molecule has 0 amide bonds. The van der Waals surface area contributed by atoms with Crippen LogP contribution in [-0.2, 0) is 10.1 Å². The minimum absolute atomic E-state index is 0. The molecule has 0 fully saturated rings. The molecule has 1 N–H and O–H groups in total. The zero-order valence-electron chi connectivity index (χ0n) is 17.4. The van der Waals surface area contributed by atoms with E-state index >= 15 is 0 Å². The number of rotatable bonds is 19. The van der Waals surface area contributed by atoms with E-state index in [4.69, 9.17) is 0 Å². The molecule has 0 aliphatic rings. The molecule has 1 unspecified atom stereocenters. The molecule has 1 atom stereocenters. The Bertz CT molecular complexity index is 374. The molecule has 0 aromatic carbocycles. The van der Waals surface area contributed by atoms with E-state index in [1.54, 1.807) is 0 Å². The third-order valence-electron chi connectivity index (χ3n) is 4.82. The summed E-state index contributed by atoms with van der Waals surface area (Å²) < 4.78 is 31.4. The van der Waals surface area contributed by atoms with Gasteiger partial charge in [-0.25, -0.2) is 8.42 Å². The molecule has 0 heterocycles. The molecule has 0 saturated heterocycles. The van der Waals surface area contributed by atoms with Gasteiger partial charge >= 0.3 is 29.6 Å². The standard InChI is InChI=1S/C20H42O4S.Na/c1-2-3-17-20(21)18-15-13-11-9-7-5-4-6-8-10-12-14-16-19-25(22,23)24;/h20-21H,2-19H2,1H3,(H,22,23,24);/q;+1/p-1. The maximum absolute atomic E-state index is 10.5. The number of unbranched alkanes of at least 4 members (excludes halogenated alkanes) is 13. The van der Waals surface area contributed by atoms with Crippen molar-refractivity contribution < 1.29 is 47.6 Å². The van der Waals surface area contributed by atoms with Crippen molar-refractivity contribution in [3.05, 3.63) is 0 Å². The number of hydrogen-bond acceptors (Lipinski definition) is 4. The van der Waals surface area contributed by atoms with E-state index in [0.29, 0.717) is 6.42 Å². The van der Waals surface area contributed by atoms with Crippen LogP contribution in [0.3, 0.4) is 0 Å². The van der Waals surface area contributed by atoms with E-state index in [0.717, 1.165) is 38.5 Å². The zero-order chi connectivity index (χ0) is 18.8. The summed E-state index contributed by atoms with van der Waals surface area (Å²) in [7, 11) is -4.01. The minimum Gasteiger partial charge on any atom is -0.748 e. The molecule has 0 saturated carbocycles. The Balaban J connectivity index is 0. The molecule has 0 aromatic heterocycles. The van der Waals surface area contributed by atoms with Crippen LogP contribution < -0.4 is 29.6 Å². The van der Waals surface area contributed by atoms with Gasteiger partial charge in [0.2, 0.25) is 0 Å². The molecule has 0 rings (SSSR count). The summed E-state index contributed by atoms with van der Waals surface area (Å²) in [6.45, 7) is 2.17. The molecule has 26 heavy (non-hydrogen) atoms. The molecular formula is C20H41NaO4S. The summed E-state index contributed by atoms with van der Waals surface area (Å²) in [5.41, 5.74) is 0. The van der Waals surface area contributed by atoms with E-state index in [1.807, 2.05) is 0 Å². The van der Waals surface area contributed by atoms with E-state index in [1.165, 1.54) is 64.2 Å². The smallest absolute Gasteiger partial charge is 0.748 e. The zero-order valence-corrected chi connectivity index (χ0v) is 20.2. The topological polar surface area (TPSA) is 77.4 Å². The quantitative estimate of drug-likeness (QED) is 0.205. The summed E-state index contributed by atoms with van der Waals surface area (Å²) in [4.78, 5) is 0. The monoisotopic (exact) mass is 400 g/mol. The Hall–Kier alpha value is 0.870. The Kier molecular flexibility index (Phi) is 23.0. The van der Waals surface area contributed by atoms with Crippen molar-refractivity contribution in [2.24, 2.45) is 0 Å². The summed E-state index contributed by atoms with van der Waals surface area (Å²) in [5, 5.41) is 9.77. The van der Waals surface area contributed by atoms with E-state index in [-0.39, 0.29) is 41.4 Å².